The molecule has 2 aliphatic heterocycles. The Morgan fingerprint density at radius 3 is 1.95 bits per heavy atom. The fourth-order valence-electron chi connectivity index (χ4n) is 3.59. The molecule has 0 saturated heterocycles. The summed E-state index contributed by atoms with van der Waals surface area (Å²) in [6.45, 7) is 18.5. The second-order valence-corrected chi connectivity index (χ2v) is 12.6. The molecule has 2 aliphatic rings. The highest BCUT2D eigenvalue weighted by atomic mass is 32.2. The van der Waals surface area contributed by atoms with Gasteiger partial charge in [0.05, 0.1) is 23.3 Å². The normalized spacial score (nSPS) is 22.3. The van der Waals surface area contributed by atoms with Gasteiger partial charge < -0.3 is 14.2 Å². The van der Waals surface area contributed by atoms with Crippen LogP contribution in [0.4, 0.5) is 0 Å². The Labute approximate surface area is 223 Å². The molecule has 1 aromatic rings. The van der Waals surface area contributed by atoms with Gasteiger partial charge in [-0.3, -0.25) is 4.99 Å². The first kappa shape index (κ1) is 28.6. The maximum atomic E-state index is 13.7. The van der Waals surface area contributed by atoms with Crippen LogP contribution in [0, 0.1) is 0 Å². The minimum atomic E-state index is -1.50. The van der Waals surface area contributed by atoms with Gasteiger partial charge in [0.1, 0.15) is 16.2 Å². The number of nitrogens with zero attached hydrogens (tertiary/aromatic N) is 3. The number of thioether (sulfide) groups is 1. The van der Waals surface area contributed by atoms with Crippen molar-refractivity contribution in [2.45, 2.75) is 97.4 Å². The smallest absolute Gasteiger partial charge is 0.341 e. The number of rotatable bonds is 5. The van der Waals surface area contributed by atoms with E-state index in [9.17, 15) is 9.59 Å². The fourth-order valence-corrected chi connectivity index (χ4v) is 5.07. The predicted molar refractivity (Wildman–Crippen MR) is 148 cm³/mol. The maximum Gasteiger partial charge on any atom is 0.341 e. The second-order valence-electron chi connectivity index (χ2n) is 11.5. The quantitative estimate of drug-likeness (QED) is 0.469. The van der Waals surface area contributed by atoms with Crippen LogP contribution in [0.1, 0.15) is 74.8 Å². The highest BCUT2D eigenvalue weighted by Crippen LogP contribution is 2.51. The minimum absolute atomic E-state index is 0.00813. The number of ether oxygens (including phenoxy) is 3. The number of carbonyl (C=O) groups excluding carboxylic acids is 2. The molecule has 1 spiro atoms. The number of carbonyl (C=O) groups is 2. The summed E-state index contributed by atoms with van der Waals surface area (Å²) >= 11 is 1.15. The first-order chi connectivity index (χ1) is 17.0. The largest absolute Gasteiger partial charge is 0.459 e. The number of hydrogen-bond donors (Lipinski definition) is 0. The van der Waals surface area contributed by atoms with E-state index in [1.165, 1.54) is 0 Å². The molecular weight excluding hydrogens is 490 g/mol. The molecular formula is C28H37N3O5S. The van der Waals surface area contributed by atoms with Crippen molar-refractivity contribution in [3.8, 4) is 0 Å². The molecule has 9 heteroatoms. The van der Waals surface area contributed by atoms with Crippen molar-refractivity contribution in [3.63, 3.8) is 0 Å². The Morgan fingerprint density at radius 2 is 1.43 bits per heavy atom. The molecule has 1 atom stereocenters. The molecule has 2 heterocycles. The summed E-state index contributed by atoms with van der Waals surface area (Å²) in [7, 11) is 0. The van der Waals surface area contributed by atoms with Crippen molar-refractivity contribution < 1.29 is 23.8 Å². The highest BCUT2D eigenvalue weighted by molar-refractivity contribution is 8.17. The third-order valence-electron chi connectivity index (χ3n) is 4.78. The van der Waals surface area contributed by atoms with Crippen LogP contribution in [0.15, 0.2) is 56.5 Å². The van der Waals surface area contributed by atoms with E-state index in [4.69, 9.17) is 29.2 Å². The summed E-state index contributed by atoms with van der Waals surface area (Å²) in [6, 6.07) is 9.36. The van der Waals surface area contributed by atoms with Crippen LogP contribution in [-0.2, 0) is 23.8 Å². The standard InChI is InChI=1S/C28H37N3O5S/c1-16(2)34-23(32)19-20(24(33)35-17(3)4)28(37-22(19)30-26(5,6)7)25(31-27(8,9)10)36-21(29-28)18-14-12-11-13-15-18/h11-17H,1-10H3. The third-order valence-corrected chi connectivity index (χ3v) is 6.03. The lowest BCUT2D eigenvalue weighted by Gasteiger charge is -2.24. The fraction of sp³-hybridized carbons (Fsp3) is 0.536. The Bertz CT molecular complexity index is 1180. The lowest BCUT2D eigenvalue weighted by molar-refractivity contribution is -0.145. The molecule has 8 nitrogen and oxygen atoms in total. The number of hydrogen-bond acceptors (Lipinski definition) is 9. The van der Waals surface area contributed by atoms with Gasteiger partial charge in [-0.2, -0.15) is 0 Å². The average Bonchev–Trinajstić information content (AvgIpc) is 3.23. The van der Waals surface area contributed by atoms with E-state index in [1.54, 1.807) is 27.7 Å². The van der Waals surface area contributed by atoms with E-state index in [0.717, 1.165) is 11.8 Å². The monoisotopic (exact) mass is 527 g/mol. The van der Waals surface area contributed by atoms with Crippen LogP contribution in [0.5, 0.6) is 0 Å². The SMILES string of the molecule is CC(C)OC(=O)C1=C(C(=O)OC(C)C)C2(N=C(c3ccccc3)OC2=NC(C)(C)C)SC1=NC(C)(C)C. The first-order valence-electron chi connectivity index (χ1n) is 12.4. The van der Waals surface area contributed by atoms with E-state index >= 15 is 0 Å². The van der Waals surface area contributed by atoms with Crippen LogP contribution in [0.3, 0.4) is 0 Å². The second kappa shape index (κ2) is 10.4. The van der Waals surface area contributed by atoms with Crippen molar-refractivity contribution >= 4 is 40.5 Å². The molecule has 1 aromatic carbocycles. The van der Waals surface area contributed by atoms with Gasteiger partial charge in [-0.15, -0.1) is 0 Å². The Balaban J connectivity index is 2.41. The van der Waals surface area contributed by atoms with E-state index in [1.807, 2.05) is 71.9 Å². The van der Waals surface area contributed by atoms with Gasteiger partial charge in [0.2, 0.25) is 16.7 Å². The third kappa shape index (κ3) is 6.69. The van der Waals surface area contributed by atoms with E-state index in [-0.39, 0.29) is 17.0 Å². The van der Waals surface area contributed by atoms with Gasteiger partial charge in [-0.05, 0) is 81.4 Å². The molecule has 3 rings (SSSR count). The molecule has 0 aromatic heterocycles. The van der Waals surface area contributed by atoms with Crippen LogP contribution in [-0.4, -0.2) is 56.9 Å². The summed E-state index contributed by atoms with van der Waals surface area (Å²) in [6.07, 6.45) is -0.846. The molecule has 0 saturated carbocycles. The molecule has 0 aliphatic carbocycles. The summed E-state index contributed by atoms with van der Waals surface area (Å²) in [5.41, 5.74) is -0.376. The van der Waals surface area contributed by atoms with Crippen molar-refractivity contribution in [2.75, 3.05) is 0 Å². The van der Waals surface area contributed by atoms with Crippen LogP contribution >= 0.6 is 11.8 Å². The van der Waals surface area contributed by atoms with Gasteiger partial charge >= 0.3 is 11.9 Å². The maximum absolute atomic E-state index is 13.7. The zero-order valence-electron chi connectivity index (χ0n) is 23.3. The lowest BCUT2D eigenvalue weighted by Crippen LogP contribution is -2.37. The van der Waals surface area contributed by atoms with Gasteiger partial charge in [-0.1, -0.05) is 30.0 Å². The van der Waals surface area contributed by atoms with Gasteiger partial charge in [0, 0.05) is 5.56 Å². The van der Waals surface area contributed by atoms with Crippen LogP contribution in [0.2, 0.25) is 0 Å². The van der Waals surface area contributed by atoms with Crippen molar-refractivity contribution in [1.29, 1.82) is 0 Å². The Morgan fingerprint density at radius 1 is 0.892 bits per heavy atom. The molecule has 1 unspecified atom stereocenters. The van der Waals surface area contributed by atoms with E-state index in [0.29, 0.717) is 16.5 Å². The van der Waals surface area contributed by atoms with E-state index < -0.39 is 40.1 Å². The van der Waals surface area contributed by atoms with Crippen molar-refractivity contribution in [2.24, 2.45) is 15.0 Å². The zero-order valence-corrected chi connectivity index (χ0v) is 24.1. The van der Waals surface area contributed by atoms with E-state index in [2.05, 4.69) is 0 Å². The Kier molecular flexibility index (Phi) is 8.08. The minimum Gasteiger partial charge on any atom is -0.459 e. The molecule has 0 amide bonds. The molecule has 0 fully saturated rings. The highest BCUT2D eigenvalue weighted by Gasteiger charge is 2.60. The number of benzene rings is 1. The summed E-state index contributed by atoms with van der Waals surface area (Å²) < 4.78 is 17.5. The van der Waals surface area contributed by atoms with Gasteiger partial charge in [0.15, 0.2) is 0 Å². The lowest BCUT2D eigenvalue weighted by atomic mass is 9.99. The average molecular weight is 528 g/mol. The summed E-state index contributed by atoms with van der Waals surface area (Å²) in [4.78, 5) is 40.3. The van der Waals surface area contributed by atoms with Crippen LogP contribution in [0.25, 0.3) is 0 Å². The summed E-state index contributed by atoms with van der Waals surface area (Å²) in [5.74, 6) is -0.884. The first-order valence-corrected chi connectivity index (χ1v) is 13.2. The van der Waals surface area contributed by atoms with Crippen molar-refractivity contribution in [1.82, 2.24) is 0 Å². The number of esters is 2. The predicted octanol–water partition coefficient (Wildman–Crippen LogP) is 5.50. The topological polar surface area (TPSA) is 98.9 Å². The van der Waals surface area contributed by atoms with Gasteiger partial charge in [-0.25, -0.2) is 19.6 Å². The zero-order chi connectivity index (χ0) is 27.8. The molecule has 37 heavy (non-hydrogen) atoms. The molecule has 0 N–H and O–H groups in total. The number of aliphatic imine (C=N–C) groups is 3. The molecule has 0 bridgehead atoms. The molecule has 200 valence electrons. The van der Waals surface area contributed by atoms with Crippen molar-refractivity contribution in [3.05, 3.63) is 47.0 Å². The van der Waals surface area contributed by atoms with Gasteiger partial charge in [0.25, 0.3) is 0 Å². The molecule has 0 radical (unpaired) electrons. The van der Waals surface area contributed by atoms with Crippen LogP contribution < -0.4 is 0 Å². The summed E-state index contributed by atoms with van der Waals surface area (Å²) in [5, 5.41) is 0.331. The Hall–Kier alpha value is -2.94.